The first-order valence-electron chi connectivity index (χ1n) is 12.8. The van der Waals surface area contributed by atoms with Crippen LogP contribution in [-0.4, -0.2) is 105 Å². The Morgan fingerprint density at radius 1 is 0.786 bits per heavy atom. The molecule has 0 saturated carbocycles. The maximum Gasteiger partial charge on any atom is 0.235 e. The number of hydrogen-bond acceptors (Lipinski definition) is 15. The molecule has 5 rings (SSSR count). The van der Waals surface area contributed by atoms with Crippen LogP contribution in [0.3, 0.4) is 0 Å². The van der Waals surface area contributed by atoms with Gasteiger partial charge in [0.25, 0.3) is 0 Å². The summed E-state index contributed by atoms with van der Waals surface area (Å²) in [5.41, 5.74) is -3.01. The lowest BCUT2D eigenvalue weighted by atomic mass is 9.84. The summed E-state index contributed by atoms with van der Waals surface area (Å²) in [4.78, 5) is 13.5. The van der Waals surface area contributed by atoms with Gasteiger partial charge in [-0.3, -0.25) is 4.79 Å². The third kappa shape index (κ3) is 4.79. The Morgan fingerprint density at radius 2 is 1.31 bits per heavy atom. The van der Waals surface area contributed by atoms with Crippen molar-refractivity contribution in [2.75, 3.05) is 13.2 Å². The summed E-state index contributed by atoms with van der Waals surface area (Å²) in [6.07, 6.45) is -11.4. The zero-order valence-corrected chi connectivity index (χ0v) is 21.7. The van der Waals surface area contributed by atoms with Crippen LogP contribution in [-0.2, 0) is 9.47 Å². The molecule has 15 heteroatoms. The van der Waals surface area contributed by atoms with Crippen molar-refractivity contribution in [2.45, 2.75) is 61.0 Å². The number of rotatable bonds is 5. The molecule has 2 aromatic carbocycles. The van der Waals surface area contributed by atoms with Gasteiger partial charge in [0.1, 0.15) is 41.5 Å². The number of phenols is 2. The Labute approximate surface area is 235 Å². The van der Waals surface area contributed by atoms with E-state index in [-0.39, 0.29) is 11.3 Å². The molecular formula is C27H30O15. The van der Waals surface area contributed by atoms with Gasteiger partial charge in [-0.25, -0.2) is 0 Å². The quantitative estimate of drug-likeness (QED) is 0.147. The average molecular weight is 595 g/mol. The van der Waals surface area contributed by atoms with E-state index < -0.39 is 119 Å². The first-order chi connectivity index (χ1) is 19.7. The summed E-state index contributed by atoms with van der Waals surface area (Å²) >= 11 is 0. The SMILES string of the molecule is O=c1c(O)c(-c2ccc(O)cc2)oc2c(C3OC(CO)CC(O)C3(O)O)c(O)c(C3OC(CO)CC(O)C3(O)O)cc12. The molecule has 0 aliphatic carbocycles. The van der Waals surface area contributed by atoms with Gasteiger partial charge in [0.2, 0.25) is 22.8 Å². The number of ether oxygens (including phenoxy) is 2. The third-order valence-electron chi connectivity index (χ3n) is 7.66. The van der Waals surface area contributed by atoms with E-state index in [0.29, 0.717) is 0 Å². The van der Waals surface area contributed by atoms with Crippen LogP contribution in [0.2, 0.25) is 0 Å². The first-order valence-corrected chi connectivity index (χ1v) is 12.8. The van der Waals surface area contributed by atoms with Crippen molar-refractivity contribution in [3.8, 4) is 28.6 Å². The van der Waals surface area contributed by atoms with Crippen LogP contribution in [0.5, 0.6) is 17.2 Å². The van der Waals surface area contributed by atoms with Crippen LogP contribution in [0.4, 0.5) is 0 Å². The number of aliphatic hydroxyl groups is 8. The number of fused-ring (bicyclic) bond motifs is 1. The molecule has 2 aliphatic rings. The molecule has 15 nitrogen and oxygen atoms in total. The van der Waals surface area contributed by atoms with E-state index >= 15 is 0 Å². The van der Waals surface area contributed by atoms with Gasteiger partial charge in [0.15, 0.2) is 5.76 Å². The van der Waals surface area contributed by atoms with Crippen molar-refractivity contribution in [1.82, 2.24) is 0 Å². The lowest BCUT2D eigenvalue weighted by Gasteiger charge is -2.44. The summed E-state index contributed by atoms with van der Waals surface area (Å²) in [5.74, 6) is -8.88. The van der Waals surface area contributed by atoms with Gasteiger partial charge >= 0.3 is 0 Å². The van der Waals surface area contributed by atoms with E-state index in [9.17, 15) is 61.0 Å². The molecule has 0 amide bonds. The van der Waals surface area contributed by atoms with Gasteiger partial charge in [-0.15, -0.1) is 0 Å². The second kappa shape index (κ2) is 10.7. The van der Waals surface area contributed by atoms with E-state index in [0.717, 1.165) is 6.07 Å². The summed E-state index contributed by atoms with van der Waals surface area (Å²) < 4.78 is 17.0. The minimum atomic E-state index is -3.18. The van der Waals surface area contributed by atoms with Crippen molar-refractivity contribution < 1.29 is 70.1 Å². The standard InChI is InChI=1S/C27H30O15/c28-8-12-5-16(31)26(36,37)24(40-12)15-7-14-20(34)21(35)22(10-1-3-11(30)4-2-10)42-23(14)18(19(15)33)25-27(38,39)17(32)6-13(9-29)41-25/h1-4,7,12-13,16-17,24-25,28-33,35-39H,5-6,8-9H2. The highest BCUT2D eigenvalue weighted by Gasteiger charge is 2.54. The summed E-state index contributed by atoms with van der Waals surface area (Å²) in [6.45, 7) is -1.39. The summed E-state index contributed by atoms with van der Waals surface area (Å²) in [7, 11) is 0. The Kier molecular flexibility index (Phi) is 7.70. The molecule has 6 unspecified atom stereocenters. The second-order valence-corrected chi connectivity index (χ2v) is 10.5. The van der Waals surface area contributed by atoms with E-state index in [4.69, 9.17) is 13.9 Å². The van der Waals surface area contributed by atoms with Crippen LogP contribution in [0.1, 0.15) is 36.2 Å². The summed E-state index contributed by atoms with van der Waals surface area (Å²) in [6, 6.07) is 5.89. The molecular weight excluding hydrogens is 564 g/mol. The fourth-order valence-corrected chi connectivity index (χ4v) is 5.32. The Hall–Kier alpha value is -3.35. The van der Waals surface area contributed by atoms with E-state index in [1.807, 2.05) is 0 Å². The minimum absolute atomic E-state index is 0.0742. The third-order valence-corrected chi connectivity index (χ3v) is 7.66. The van der Waals surface area contributed by atoms with E-state index in [1.165, 1.54) is 24.3 Å². The topological polar surface area (TPSA) is 271 Å². The fraction of sp³-hybridized carbons (Fsp3) is 0.444. The number of aromatic hydroxyl groups is 3. The Morgan fingerprint density at radius 3 is 1.86 bits per heavy atom. The highest BCUT2D eigenvalue weighted by molar-refractivity contribution is 5.88. The van der Waals surface area contributed by atoms with E-state index in [1.54, 1.807) is 0 Å². The molecule has 11 N–H and O–H groups in total. The monoisotopic (exact) mass is 594 g/mol. The van der Waals surface area contributed by atoms with Crippen LogP contribution in [0.15, 0.2) is 39.5 Å². The van der Waals surface area contributed by atoms with Crippen LogP contribution < -0.4 is 5.43 Å². The molecule has 228 valence electrons. The lowest BCUT2D eigenvalue weighted by molar-refractivity contribution is -0.329. The smallest absolute Gasteiger partial charge is 0.235 e. The molecule has 2 saturated heterocycles. The van der Waals surface area contributed by atoms with Gasteiger partial charge in [0.05, 0.1) is 36.4 Å². The van der Waals surface area contributed by atoms with Gasteiger partial charge in [-0.2, -0.15) is 0 Å². The Balaban J connectivity index is 1.85. The van der Waals surface area contributed by atoms with Crippen molar-refractivity contribution in [2.24, 2.45) is 0 Å². The molecule has 6 atom stereocenters. The molecule has 3 heterocycles. The predicted molar refractivity (Wildman–Crippen MR) is 138 cm³/mol. The van der Waals surface area contributed by atoms with Gasteiger partial charge in [0, 0.05) is 24.0 Å². The van der Waals surface area contributed by atoms with Crippen LogP contribution in [0, 0.1) is 0 Å². The highest BCUT2D eigenvalue weighted by Crippen LogP contribution is 2.50. The van der Waals surface area contributed by atoms with Crippen LogP contribution in [0.25, 0.3) is 22.3 Å². The Bertz CT molecular complexity index is 1530. The molecule has 42 heavy (non-hydrogen) atoms. The van der Waals surface area contributed by atoms with Gasteiger partial charge in [-0.1, -0.05) is 0 Å². The molecule has 2 fully saturated rings. The molecule has 0 bridgehead atoms. The second-order valence-electron chi connectivity index (χ2n) is 10.5. The predicted octanol–water partition coefficient (Wildman–Crippen LogP) is -1.70. The normalized spacial score (nSPS) is 29.0. The van der Waals surface area contributed by atoms with Gasteiger partial charge in [-0.05, 0) is 30.3 Å². The van der Waals surface area contributed by atoms with Crippen LogP contribution >= 0.6 is 0 Å². The number of benzene rings is 2. The maximum atomic E-state index is 13.5. The van der Waals surface area contributed by atoms with Crippen molar-refractivity contribution in [3.05, 3.63) is 51.7 Å². The molecule has 1 aromatic heterocycles. The first kappa shape index (κ1) is 30.1. The minimum Gasteiger partial charge on any atom is -0.508 e. The maximum absolute atomic E-state index is 13.5. The van der Waals surface area contributed by atoms with Crippen molar-refractivity contribution in [3.63, 3.8) is 0 Å². The number of aliphatic hydroxyl groups excluding tert-OH is 4. The number of hydrogen-bond donors (Lipinski definition) is 11. The largest absolute Gasteiger partial charge is 0.508 e. The zero-order valence-electron chi connectivity index (χ0n) is 21.7. The van der Waals surface area contributed by atoms with E-state index in [2.05, 4.69) is 0 Å². The van der Waals surface area contributed by atoms with Crippen molar-refractivity contribution in [1.29, 1.82) is 0 Å². The molecule has 0 radical (unpaired) electrons. The van der Waals surface area contributed by atoms with Gasteiger partial charge < -0.3 is 70.1 Å². The average Bonchev–Trinajstić information content (AvgIpc) is 2.94. The zero-order chi connectivity index (χ0) is 30.7. The van der Waals surface area contributed by atoms with Crippen molar-refractivity contribution >= 4 is 11.0 Å². The lowest BCUT2D eigenvalue weighted by Crippen LogP contribution is -2.56. The molecule has 0 spiro atoms. The fourth-order valence-electron chi connectivity index (χ4n) is 5.32. The molecule has 3 aromatic rings. The highest BCUT2D eigenvalue weighted by atomic mass is 16.6. The summed E-state index contributed by atoms with van der Waals surface area (Å²) in [5, 5.41) is 115. The molecule has 2 aliphatic heterocycles. The number of phenolic OH excluding ortho intramolecular Hbond substituents is 2.